The molecule has 12 heavy (non-hydrogen) atoms. The maximum atomic E-state index is 8.51. The lowest BCUT2D eigenvalue weighted by Crippen LogP contribution is -2.12. The monoisotopic (exact) mass is 169 g/mol. The van der Waals surface area contributed by atoms with Crippen LogP contribution in [0.5, 0.6) is 0 Å². The zero-order valence-corrected chi connectivity index (χ0v) is 6.49. The van der Waals surface area contributed by atoms with Gasteiger partial charge in [-0.1, -0.05) is 0 Å². The molecule has 6 heteroatoms. The van der Waals surface area contributed by atoms with Gasteiger partial charge in [0.1, 0.15) is 5.82 Å². The van der Waals surface area contributed by atoms with Crippen molar-refractivity contribution in [1.82, 2.24) is 9.97 Å². The molecule has 0 atom stereocenters. The SMILES string of the molecule is NNc1nccc(NCCO)n1. The molecule has 1 rings (SSSR count). The van der Waals surface area contributed by atoms with Gasteiger partial charge in [0.2, 0.25) is 5.95 Å². The normalized spacial score (nSPS) is 9.50. The number of hydrazine groups is 1. The van der Waals surface area contributed by atoms with Gasteiger partial charge >= 0.3 is 0 Å². The Morgan fingerprint density at radius 2 is 2.42 bits per heavy atom. The van der Waals surface area contributed by atoms with Crippen LogP contribution in [0.25, 0.3) is 0 Å². The van der Waals surface area contributed by atoms with Gasteiger partial charge in [0.15, 0.2) is 0 Å². The van der Waals surface area contributed by atoms with Crippen molar-refractivity contribution in [1.29, 1.82) is 0 Å². The molecule has 0 aliphatic heterocycles. The molecule has 0 aromatic carbocycles. The first kappa shape index (κ1) is 8.69. The van der Waals surface area contributed by atoms with Gasteiger partial charge in [0.25, 0.3) is 0 Å². The van der Waals surface area contributed by atoms with E-state index >= 15 is 0 Å². The van der Waals surface area contributed by atoms with Crippen LogP contribution in [-0.4, -0.2) is 28.2 Å². The quantitative estimate of drug-likeness (QED) is 0.347. The van der Waals surface area contributed by atoms with Gasteiger partial charge in [-0.15, -0.1) is 0 Å². The van der Waals surface area contributed by atoms with Gasteiger partial charge in [-0.05, 0) is 6.07 Å². The molecule has 0 saturated heterocycles. The summed E-state index contributed by atoms with van der Waals surface area (Å²) in [6.45, 7) is 0.524. The zero-order chi connectivity index (χ0) is 8.81. The number of nitrogen functional groups attached to an aromatic ring is 1. The van der Waals surface area contributed by atoms with Crippen LogP contribution in [-0.2, 0) is 0 Å². The maximum absolute atomic E-state index is 8.51. The number of anilines is 2. The number of aromatic nitrogens is 2. The Balaban J connectivity index is 2.60. The van der Waals surface area contributed by atoms with Crippen LogP contribution in [0.15, 0.2) is 12.3 Å². The summed E-state index contributed by atoms with van der Waals surface area (Å²) in [4.78, 5) is 7.78. The van der Waals surface area contributed by atoms with E-state index in [2.05, 4.69) is 20.7 Å². The summed E-state index contributed by atoms with van der Waals surface area (Å²) in [7, 11) is 0. The van der Waals surface area contributed by atoms with Crippen molar-refractivity contribution >= 4 is 11.8 Å². The maximum Gasteiger partial charge on any atom is 0.239 e. The van der Waals surface area contributed by atoms with E-state index in [0.29, 0.717) is 18.3 Å². The highest BCUT2D eigenvalue weighted by molar-refractivity contribution is 5.38. The molecule has 6 nitrogen and oxygen atoms in total. The average Bonchev–Trinajstić information content (AvgIpc) is 2.15. The first-order chi connectivity index (χ1) is 5.86. The molecular formula is C6H11N5O. The van der Waals surface area contributed by atoms with E-state index in [1.54, 1.807) is 12.3 Å². The Hall–Kier alpha value is -1.40. The van der Waals surface area contributed by atoms with Gasteiger partial charge < -0.3 is 10.4 Å². The minimum atomic E-state index is 0.0649. The Labute approximate surface area is 69.8 Å². The summed E-state index contributed by atoms with van der Waals surface area (Å²) in [5.41, 5.74) is 2.32. The van der Waals surface area contributed by atoms with E-state index in [1.807, 2.05) is 0 Å². The molecule has 66 valence electrons. The Morgan fingerprint density at radius 1 is 1.58 bits per heavy atom. The Kier molecular flexibility index (Phi) is 3.24. The number of rotatable bonds is 4. The fourth-order valence-corrected chi connectivity index (χ4v) is 0.711. The molecule has 0 unspecified atom stereocenters. The number of nitrogens with one attached hydrogen (secondary N) is 2. The second kappa shape index (κ2) is 4.47. The molecule has 0 amide bonds. The van der Waals surface area contributed by atoms with E-state index in [1.165, 1.54) is 0 Å². The fourth-order valence-electron chi connectivity index (χ4n) is 0.711. The number of hydrogen-bond donors (Lipinski definition) is 4. The summed E-state index contributed by atoms with van der Waals surface area (Å²) in [5.74, 6) is 6.07. The third kappa shape index (κ3) is 2.33. The molecule has 5 N–H and O–H groups in total. The second-order valence-electron chi connectivity index (χ2n) is 2.06. The van der Waals surface area contributed by atoms with Crippen molar-refractivity contribution in [3.8, 4) is 0 Å². The van der Waals surface area contributed by atoms with Crippen molar-refractivity contribution < 1.29 is 5.11 Å². The van der Waals surface area contributed by atoms with Crippen LogP contribution in [0.1, 0.15) is 0 Å². The number of nitrogens with two attached hydrogens (primary N) is 1. The van der Waals surface area contributed by atoms with Gasteiger partial charge in [-0.25, -0.2) is 10.8 Å². The number of nitrogens with zero attached hydrogens (tertiary/aromatic N) is 2. The van der Waals surface area contributed by atoms with Gasteiger partial charge in [0, 0.05) is 12.7 Å². The predicted octanol–water partition coefficient (Wildman–Crippen LogP) is -0.834. The Morgan fingerprint density at radius 3 is 3.08 bits per heavy atom. The van der Waals surface area contributed by atoms with Crippen molar-refractivity contribution in [3.63, 3.8) is 0 Å². The van der Waals surface area contributed by atoms with Crippen molar-refractivity contribution in [2.45, 2.75) is 0 Å². The van der Waals surface area contributed by atoms with Crippen LogP contribution in [0.4, 0.5) is 11.8 Å². The van der Waals surface area contributed by atoms with E-state index in [4.69, 9.17) is 10.9 Å². The van der Waals surface area contributed by atoms with E-state index in [-0.39, 0.29) is 6.61 Å². The molecule has 0 aliphatic rings. The van der Waals surface area contributed by atoms with Crippen molar-refractivity contribution in [2.24, 2.45) is 5.84 Å². The molecule has 1 aromatic heterocycles. The molecule has 1 heterocycles. The smallest absolute Gasteiger partial charge is 0.239 e. The van der Waals surface area contributed by atoms with Crippen LogP contribution >= 0.6 is 0 Å². The molecule has 0 saturated carbocycles. The standard InChI is InChI=1S/C6H11N5O/c7-11-6-9-2-1-5(10-6)8-3-4-12/h1-2,12H,3-4,7H2,(H2,8,9,10,11). The largest absolute Gasteiger partial charge is 0.395 e. The third-order valence-corrected chi connectivity index (χ3v) is 1.20. The molecule has 0 fully saturated rings. The topological polar surface area (TPSA) is 96.1 Å². The van der Waals surface area contributed by atoms with Gasteiger partial charge in [0.05, 0.1) is 6.61 Å². The molecular weight excluding hydrogens is 158 g/mol. The minimum Gasteiger partial charge on any atom is -0.395 e. The van der Waals surface area contributed by atoms with Crippen molar-refractivity contribution in [2.75, 3.05) is 23.9 Å². The van der Waals surface area contributed by atoms with Crippen LogP contribution in [0.2, 0.25) is 0 Å². The summed E-state index contributed by atoms with van der Waals surface area (Å²) in [6.07, 6.45) is 1.57. The lowest BCUT2D eigenvalue weighted by atomic mass is 10.5. The van der Waals surface area contributed by atoms with Gasteiger partial charge in [-0.2, -0.15) is 4.98 Å². The highest BCUT2D eigenvalue weighted by Gasteiger charge is 1.94. The van der Waals surface area contributed by atoms with Gasteiger partial charge in [-0.3, -0.25) is 5.43 Å². The van der Waals surface area contributed by atoms with E-state index in [0.717, 1.165) is 0 Å². The van der Waals surface area contributed by atoms with Crippen LogP contribution in [0, 0.1) is 0 Å². The first-order valence-electron chi connectivity index (χ1n) is 3.51. The Bertz CT molecular complexity index is 241. The lowest BCUT2D eigenvalue weighted by Gasteiger charge is -2.03. The summed E-state index contributed by atoms with van der Waals surface area (Å²) >= 11 is 0. The lowest BCUT2D eigenvalue weighted by molar-refractivity contribution is 0.311. The van der Waals surface area contributed by atoms with E-state index < -0.39 is 0 Å². The third-order valence-electron chi connectivity index (χ3n) is 1.20. The summed E-state index contributed by atoms with van der Waals surface area (Å²) in [6, 6.07) is 1.69. The zero-order valence-electron chi connectivity index (χ0n) is 6.49. The molecule has 0 radical (unpaired) electrons. The molecule has 0 spiro atoms. The molecule has 0 aliphatic carbocycles. The highest BCUT2D eigenvalue weighted by Crippen LogP contribution is 2.02. The van der Waals surface area contributed by atoms with Crippen LogP contribution in [0.3, 0.4) is 0 Å². The average molecular weight is 169 g/mol. The molecule has 0 bridgehead atoms. The summed E-state index contributed by atoms with van der Waals surface area (Å²) in [5, 5.41) is 11.4. The number of aliphatic hydroxyl groups excluding tert-OH is 1. The first-order valence-corrected chi connectivity index (χ1v) is 3.51. The second-order valence-corrected chi connectivity index (χ2v) is 2.06. The number of hydrogen-bond acceptors (Lipinski definition) is 6. The van der Waals surface area contributed by atoms with E-state index in [9.17, 15) is 0 Å². The predicted molar refractivity (Wildman–Crippen MR) is 45.4 cm³/mol. The summed E-state index contributed by atoms with van der Waals surface area (Å²) < 4.78 is 0. The minimum absolute atomic E-state index is 0.0649. The van der Waals surface area contributed by atoms with Crippen LogP contribution < -0.4 is 16.6 Å². The molecule has 1 aromatic rings. The highest BCUT2D eigenvalue weighted by atomic mass is 16.3. The van der Waals surface area contributed by atoms with Crippen molar-refractivity contribution in [3.05, 3.63) is 12.3 Å². The number of aliphatic hydroxyl groups is 1. The fraction of sp³-hybridized carbons (Fsp3) is 0.333.